The summed E-state index contributed by atoms with van der Waals surface area (Å²) in [5, 5.41) is 11.6. The maximum atomic E-state index is 13.5. The SMILES string of the molecule is COc1cccc(C(OC[C@H]2O[C@@H](n3cc(I)c(N=CN(CC(C)C)CC(C)C)nc3=O)[C@H](OC)[C@@H]2O)(c2ccccc2)c2ccccc2)c1OC. The lowest BCUT2D eigenvalue weighted by molar-refractivity contribution is -0.0970. The van der Waals surface area contributed by atoms with Gasteiger partial charge in [0.15, 0.2) is 23.5 Å². The molecule has 278 valence electrons. The van der Waals surface area contributed by atoms with Gasteiger partial charge in [0.05, 0.1) is 30.7 Å². The minimum atomic E-state index is -1.22. The summed E-state index contributed by atoms with van der Waals surface area (Å²) in [7, 11) is 4.66. The average molecular weight is 825 g/mol. The smallest absolute Gasteiger partial charge is 0.351 e. The van der Waals surface area contributed by atoms with Crippen molar-refractivity contribution in [2.45, 2.75) is 57.8 Å². The molecule has 1 N–H and O–H groups in total. The van der Waals surface area contributed by atoms with E-state index in [-0.39, 0.29) is 6.61 Å². The molecule has 0 amide bonds. The fraction of sp³-hybridized carbons (Fsp3) is 0.425. The molecule has 2 heterocycles. The second-order valence-corrected chi connectivity index (χ2v) is 14.8. The van der Waals surface area contributed by atoms with Gasteiger partial charge in [-0.3, -0.25) is 4.57 Å². The minimum absolute atomic E-state index is 0.0785. The van der Waals surface area contributed by atoms with Gasteiger partial charge in [-0.15, -0.1) is 0 Å². The molecule has 0 radical (unpaired) electrons. The molecule has 11 nitrogen and oxygen atoms in total. The minimum Gasteiger partial charge on any atom is -0.493 e. The second kappa shape index (κ2) is 17.8. The van der Waals surface area contributed by atoms with Crippen molar-refractivity contribution in [3.05, 3.63) is 116 Å². The molecule has 12 heteroatoms. The number of rotatable bonds is 16. The van der Waals surface area contributed by atoms with Crippen LogP contribution in [0.15, 0.2) is 94.8 Å². The third-order valence-corrected chi connectivity index (χ3v) is 9.66. The Hall–Kier alpha value is -3.82. The van der Waals surface area contributed by atoms with Crippen LogP contribution in [0.3, 0.4) is 0 Å². The maximum Gasteiger partial charge on any atom is 0.351 e. The van der Waals surface area contributed by atoms with E-state index in [1.54, 1.807) is 26.8 Å². The number of nitrogens with zero attached hydrogens (tertiary/aromatic N) is 4. The monoisotopic (exact) mass is 824 g/mol. The normalized spacial score (nSPS) is 19.1. The van der Waals surface area contributed by atoms with Crippen molar-refractivity contribution < 1.29 is 28.8 Å². The number of ether oxygens (including phenoxy) is 5. The van der Waals surface area contributed by atoms with Gasteiger partial charge in [-0.25, -0.2) is 9.79 Å². The molecular formula is C40H49IN4O7. The van der Waals surface area contributed by atoms with E-state index >= 15 is 0 Å². The van der Waals surface area contributed by atoms with Crippen LogP contribution in [0.25, 0.3) is 0 Å². The Kier molecular flexibility index (Phi) is 13.5. The van der Waals surface area contributed by atoms with Gasteiger partial charge >= 0.3 is 5.69 Å². The average Bonchev–Trinajstić information content (AvgIpc) is 3.46. The van der Waals surface area contributed by atoms with Crippen molar-refractivity contribution in [1.82, 2.24) is 14.5 Å². The first kappa shape index (κ1) is 39.4. The van der Waals surface area contributed by atoms with E-state index in [0.29, 0.717) is 38.3 Å². The van der Waals surface area contributed by atoms with Gasteiger partial charge in [-0.1, -0.05) is 100 Å². The van der Waals surface area contributed by atoms with Crippen molar-refractivity contribution >= 4 is 34.7 Å². The van der Waals surface area contributed by atoms with Gasteiger partial charge in [0.25, 0.3) is 0 Å². The predicted molar refractivity (Wildman–Crippen MR) is 210 cm³/mol. The zero-order valence-corrected chi connectivity index (χ0v) is 33.0. The molecule has 52 heavy (non-hydrogen) atoms. The summed E-state index contributed by atoms with van der Waals surface area (Å²) in [6.45, 7) is 10.2. The van der Waals surface area contributed by atoms with Crippen molar-refractivity contribution in [2.24, 2.45) is 16.8 Å². The number of aliphatic imine (C=N–C) groups is 1. The number of benzene rings is 3. The van der Waals surface area contributed by atoms with Gasteiger partial charge in [0.1, 0.15) is 23.9 Å². The van der Waals surface area contributed by atoms with Crippen LogP contribution in [0.5, 0.6) is 11.5 Å². The zero-order chi connectivity index (χ0) is 37.4. The summed E-state index contributed by atoms with van der Waals surface area (Å²) >= 11 is 2.12. The fourth-order valence-electron chi connectivity index (χ4n) is 6.73. The van der Waals surface area contributed by atoms with Gasteiger partial charge in [-0.2, -0.15) is 4.98 Å². The summed E-state index contributed by atoms with van der Waals surface area (Å²) in [5.74, 6) is 2.25. The van der Waals surface area contributed by atoms with E-state index in [1.165, 1.54) is 11.7 Å². The first-order valence-electron chi connectivity index (χ1n) is 17.4. The number of para-hydroxylation sites is 1. The second-order valence-electron chi connectivity index (χ2n) is 13.6. The standard InChI is InChI=1S/C40H49IN4O7/c1-26(2)21-44(22-27(3)4)25-42-37-31(41)23-45(39(47)43-37)38-36(50-7)34(46)33(52-38)24-51-40(28-15-10-8-11-16-28,29-17-12-9-13-18-29)30-19-14-20-32(48-5)35(30)49-6/h8-20,23,25-27,33-34,36,38,46H,21-22,24H2,1-7H3/t33-,34-,36-,38-/m1/s1. The number of hydrogen-bond donors (Lipinski definition) is 1. The van der Waals surface area contributed by atoms with Crippen LogP contribution in [0.1, 0.15) is 50.6 Å². The fourth-order valence-corrected chi connectivity index (χ4v) is 7.29. The lowest BCUT2D eigenvalue weighted by Gasteiger charge is -2.38. The van der Waals surface area contributed by atoms with Gasteiger partial charge in [0.2, 0.25) is 0 Å². The molecule has 5 rings (SSSR count). The summed E-state index contributed by atoms with van der Waals surface area (Å²) in [6, 6.07) is 25.3. The van der Waals surface area contributed by atoms with E-state index < -0.39 is 35.8 Å². The number of halogens is 1. The van der Waals surface area contributed by atoms with Crippen molar-refractivity contribution in [2.75, 3.05) is 41.0 Å². The van der Waals surface area contributed by atoms with Crippen LogP contribution < -0.4 is 15.2 Å². The molecule has 1 aliphatic heterocycles. The van der Waals surface area contributed by atoms with Gasteiger partial charge < -0.3 is 33.7 Å². The lowest BCUT2D eigenvalue weighted by Crippen LogP contribution is -2.40. The Balaban J connectivity index is 1.50. The van der Waals surface area contributed by atoms with Crippen molar-refractivity contribution in [3.8, 4) is 11.5 Å². The molecule has 4 atom stereocenters. The summed E-state index contributed by atoms with van der Waals surface area (Å²) in [4.78, 5) is 24.6. The highest BCUT2D eigenvalue weighted by Crippen LogP contribution is 2.48. The molecule has 1 saturated heterocycles. The Morgan fingerprint density at radius 3 is 2.10 bits per heavy atom. The lowest BCUT2D eigenvalue weighted by atomic mass is 9.79. The first-order valence-corrected chi connectivity index (χ1v) is 18.5. The van der Waals surface area contributed by atoms with Crippen LogP contribution in [0, 0.1) is 15.4 Å². The summed E-state index contributed by atoms with van der Waals surface area (Å²) < 4.78 is 32.9. The number of methoxy groups -OCH3 is 3. The van der Waals surface area contributed by atoms with Crippen LogP contribution in [-0.4, -0.2) is 85.2 Å². The maximum absolute atomic E-state index is 13.5. The topological polar surface area (TPSA) is 117 Å². The summed E-state index contributed by atoms with van der Waals surface area (Å²) in [5.41, 5.74) is 0.554. The molecule has 1 fully saturated rings. The van der Waals surface area contributed by atoms with E-state index in [1.807, 2.05) is 78.9 Å². The molecule has 0 unspecified atom stereocenters. The first-order chi connectivity index (χ1) is 25.0. The van der Waals surface area contributed by atoms with Crippen LogP contribution in [0.2, 0.25) is 0 Å². The number of aromatic nitrogens is 2. The van der Waals surface area contributed by atoms with E-state index in [2.05, 4.69) is 65.2 Å². The number of aliphatic hydroxyl groups is 1. The quantitative estimate of drug-likeness (QED) is 0.0592. The Labute approximate surface area is 319 Å². The highest BCUT2D eigenvalue weighted by molar-refractivity contribution is 14.1. The van der Waals surface area contributed by atoms with Crippen LogP contribution >= 0.6 is 22.6 Å². The highest BCUT2D eigenvalue weighted by Gasteiger charge is 2.48. The highest BCUT2D eigenvalue weighted by atomic mass is 127. The molecule has 1 aliphatic rings. The molecule has 0 saturated carbocycles. The summed E-state index contributed by atoms with van der Waals surface area (Å²) in [6.07, 6.45) is -0.495. The molecule has 0 spiro atoms. The third kappa shape index (κ3) is 8.52. The zero-order valence-electron chi connectivity index (χ0n) is 30.8. The molecule has 0 aliphatic carbocycles. The Morgan fingerprint density at radius 2 is 1.56 bits per heavy atom. The largest absolute Gasteiger partial charge is 0.493 e. The van der Waals surface area contributed by atoms with Crippen LogP contribution in [-0.2, 0) is 19.8 Å². The van der Waals surface area contributed by atoms with Gasteiger partial charge in [-0.05, 0) is 51.6 Å². The van der Waals surface area contributed by atoms with Gasteiger partial charge in [0, 0.05) is 32.0 Å². The third-order valence-electron chi connectivity index (χ3n) is 8.90. The molecule has 3 aromatic carbocycles. The predicted octanol–water partition coefficient (Wildman–Crippen LogP) is 6.42. The molecule has 4 aromatic rings. The van der Waals surface area contributed by atoms with E-state index in [9.17, 15) is 9.90 Å². The Morgan fingerprint density at radius 1 is 0.942 bits per heavy atom. The molecule has 0 bridgehead atoms. The number of aliphatic hydroxyl groups excluding tert-OH is 1. The molecule has 1 aromatic heterocycles. The Bertz CT molecular complexity index is 1790. The van der Waals surface area contributed by atoms with Crippen molar-refractivity contribution in [1.29, 1.82) is 0 Å². The van der Waals surface area contributed by atoms with Crippen LogP contribution in [0.4, 0.5) is 5.82 Å². The molecular weight excluding hydrogens is 775 g/mol. The number of hydrogen-bond acceptors (Lipinski definition) is 9. The van der Waals surface area contributed by atoms with E-state index in [4.69, 9.17) is 23.7 Å². The van der Waals surface area contributed by atoms with Crippen molar-refractivity contribution in [3.63, 3.8) is 0 Å². The van der Waals surface area contributed by atoms with E-state index in [0.717, 1.165) is 24.2 Å².